The Morgan fingerprint density at radius 1 is 0.205 bits per heavy atom. The first-order valence-corrected chi connectivity index (χ1v) is 43.6. The van der Waals surface area contributed by atoms with Gasteiger partial charge in [0.1, 0.15) is 57.5 Å². The highest BCUT2D eigenvalue weighted by atomic mass is 79.9. The summed E-state index contributed by atoms with van der Waals surface area (Å²) in [5.41, 5.74) is 13.6. The largest absolute Gasteiger partial charge is 0.507 e. The standard InChI is InChI=1S/C40H42O4.C30H26O2.C26H18O4.C14H8Br2/c1-3-11-25-41-33-21-15-23-35-39(33)37-29-17-7-9-19-31(29)38(32-20-10-8-18-30(32)37)40-34(42-26-12-4-1)22-16-24-36(40)44-28-14-6-2-5-13-27-43-35;1-19-11-9-17-25(31-3)27(19)29-21-13-5-7-15-23(21)30(24-16-8-6-14-22(24)29)28-20(2)12-10-18-26(28)32-4;27-19-11-5-12-20(28)25(19)23-15-7-1-2-8-16(15)24(18-10-4-3-9-17(18)23)26-21(29)13-6-14-22(26)30;15-13-9-5-1-2-6-10(9)14(16)12-8-4-3-7-11(12)13/h7-10,15-24H,1-6,11-14,25-28H2;5-18H,1-4H3;1-14,27-30H;1-8H. The zero-order valence-corrected chi connectivity index (χ0v) is 71.9. The average Bonchev–Trinajstić information content (AvgIpc) is 0.742. The second-order valence-electron chi connectivity index (χ2n) is 31.1. The summed E-state index contributed by atoms with van der Waals surface area (Å²) in [4.78, 5) is 0. The lowest BCUT2D eigenvalue weighted by Crippen LogP contribution is -2.04. The summed E-state index contributed by atoms with van der Waals surface area (Å²) in [6, 6.07) is 101. The molecule has 18 aromatic carbocycles. The van der Waals surface area contributed by atoms with Crippen molar-refractivity contribution in [3.8, 4) is 124 Å². The molecule has 0 amide bonds. The number of fused-ring (bicyclic) bond motifs is 7. The fourth-order valence-corrected chi connectivity index (χ4v) is 19.4. The Hall–Kier alpha value is -13.0. The molecule has 608 valence electrons. The van der Waals surface area contributed by atoms with Crippen molar-refractivity contribution in [1.82, 2.24) is 0 Å². The smallest absolute Gasteiger partial charge is 0.130 e. The van der Waals surface area contributed by atoms with Crippen LogP contribution in [0.15, 0.2) is 312 Å². The van der Waals surface area contributed by atoms with E-state index in [0.29, 0.717) is 48.7 Å². The highest BCUT2D eigenvalue weighted by molar-refractivity contribution is 9.11. The van der Waals surface area contributed by atoms with E-state index in [1.807, 2.05) is 60.7 Å². The van der Waals surface area contributed by atoms with E-state index in [-0.39, 0.29) is 23.0 Å². The van der Waals surface area contributed by atoms with Gasteiger partial charge in [0.2, 0.25) is 0 Å². The molecule has 4 N–H and O–H groups in total. The Bertz CT molecular complexity index is 6220. The van der Waals surface area contributed by atoms with Gasteiger partial charge in [0.25, 0.3) is 0 Å². The van der Waals surface area contributed by atoms with Crippen LogP contribution in [0.1, 0.15) is 75.3 Å². The van der Waals surface area contributed by atoms with E-state index in [1.165, 1.54) is 87.1 Å². The van der Waals surface area contributed by atoms with Crippen molar-refractivity contribution >= 4 is 118 Å². The number of rotatable bonds is 6. The van der Waals surface area contributed by atoms with Gasteiger partial charge in [-0.3, -0.25) is 0 Å². The molecule has 20 rings (SSSR count). The lowest BCUT2D eigenvalue weighted by atomic mass is 9.83. The minimum atomic E-state index is -0.0246. The molecule has 122 heavy (non-hydrogen) atoms. The summed E-state index contributed by atoms with van der Waals surface area (Å²) in [7, 11) is 3.49. The highest BCUT2D eigenvalue weighted by Crippen LogP contribution is 2.56. The minimum absolute atomic E-state index is 0.0246. The van der Waals surface area contributed by atoms with Crippen molar-refractivity contribution in [2.75, 3.05) is 40.6 Å². The van der Waals surface area contributed by atoms with Crippen LogP contribution in [0, 0.1) is 13.8 Å². The fourth-order valence-electron chi connectivity index (χ4n) is 18.0. The maximum atomic E-state index is 10.6. The van der Waals surface area contributed by atoms with Crippen LogP contribution in [0.2, 0.25) is 0 Å². The summed E-state index contributed by atoms with van der Waals surface area (Å²) < 4.78 is 40.5. The topological polar surface area (TPSA) is 136 Å². The normalized spacial score (nSPS) is 13.1. The van der Waals surface area contributed by atoms with Crippen LogP contribution in [0.25, 0.3) is 153 Å². The quantitative estimate of drug-likeness (QED) is 0.119. The second-order valence-corrected chi connectivity index (χ2v) is 32.7. The van der Waals surface area contributed by atoms with Gasteiger partial charge in [0, 0.05) is 53.5 Å². The number of phenolic OH excluding ortho intramolecular Hbond substituents is 4. The molecule has 0 aromatic heterocycles. The molecule has 0 aliphatic carbocycles. The van der Waals surface area contributed by atoms with E-state index < -0.39 is 0 Å². The van der Waals surface area contributed by atoms with E-state index >= 15 is 0 Å². The van der Waals surface area contributed by atoms with Crippen LogP contribution in [-0.4, -0.2) is 61.1 Å². The molecule has 0 saturated heterocycles. The number of benzene rings is 18. The molecule has 18 aromatic rings. The Labute approximate surface area is 728 Å². The first-order chi connectivity index (χ1) is 59.9. The third kappa shape index (κ3) is 15.9. The van der Waals surface area contributed by atoms with Gasteiger partial charge < -0.3 is 48.8 Å². The van der Waals surface area contributed by atoms with Crippen LogP contribution in [-0.2, 0) is 0 Å². The zero-order valence-electron chi connectivity index (χ0n) is 68.8. The maximum absolute atomic E-state index is 10.6. The molecule has 0 fully saturated rings. The number of ether oxygens (including phenoxy) is 6. The number of halogens is 2. The zero-order chi connectivity index (χ0) is 83.7. The molecule has 0 radical (unpaired) electrons. The highest BCUT2D eigenvalue weighted by Gasteiger charge is 2.29. The molecule has 2 aliphatic heterocycles. The molecule has 2 heterocycles. The molecule has 0 atom stereocenters. The van der Waals surface area contributed by atoms with Crippen molar-refractivity contribution in [2.24, 2.45) is 0 Å². The molecule has 4 bridgehead atoms. The monoisotopic (exact) mass is 1730 g/mol. The number of hydrogen-bond acceptors (Lipinski definition) is 10. The predicted molar refractivity (Wildman–Crippen MR) is 511 cm³/mol. The van der Waals surface area contributed by atoms with Crippen molar-refractivity contribution in [3.05, 3.63) is 323 Å². The summed E-state index contributed by atoms with van der Waals surface area (Å²) in [5, 5.41) is 60.0. The molecule has 10 nitrogen and oxygen atoms in total. The number of hydrogen-bond donors (Lipinski definition) is 4. The molecular formula is C110H94Br2O10. The van der Waals surface area contributed by atoms with E-state index in [4.69, 9.17) is 28.4 Å². The molecule has 2 aliphatic rings. The SMILES string of the molecule is Brc1c2ccccc2c(Br)c2ccccc12.COc1cccc(C)c1-c1c2ccccc2c(-c2c(C)cccc2OC)c2ccccc12.Oc1cccc(O)c1-c1c2ccccc2c(-c2c(O)cccc2O)c2ccccc12.c1cc2c3c(c1)OCCCCCCCOc1cccc(c1-c1c4ccccc4c-3c3ccccc13)OCCCCCCCO2. The van der Waals surface area contributed by atoms with Gasteiger partial charge in [-0.05, 0) is 229 Å². The van der Waals surface area contributed by atoms with E-state index in [1.54, 1.807) is 50.6 Å². The van der Waals surface area contributed by atoms with Crippen LogP contribution in [0.5, 0.6) is 57.5 Å². The van der Waals surface area contributed by atoms with Crippen LogP contribution in [0.3, 0.4) is 0 Å². The first kappa shape index (κ1) is 81.4. The van der Waals surface area contributed by atoms with Crippen molar-refractivity contribution in [2.45, 2.75) is 78.1 Å². The van der Waals surface area contributed by atoms with Crippen molar-refractivity contribution in [1.29, 1.82) is 0 Å². The van der Waals surface area contributed by atoms with Gasteiger partial charge in [-0.1, -0.05) is 281 Å². The molecular weight excluding hydrogens is 1640 g/mol. The van der Waals surface area contributed by atoms with Gasteiger partial charge in [-0.2, -0.15) is 0 Å². The van der Waals surface area contributed by atoms with Gasteiger partial charge in [0.15, 0.2) is 0 Å². The van der Waals surface area contributed by atoms with E-state index in [0.717, 1.165) is 162 Å². The number of methoxy groups -OCH3 is 2. The van der Waals surface area contributed by atoms with Crippen molar-refractivity contribution < 1.29 is 48.8 Å². The molecule has 0 unspecified atom stereocenters. The lowest BCUT2D eigenvalue weighted by Gasteiger charge is -2.23. The third-order valence-corrected chi connectivity index (χ3v) is 25.3. The van der Waals surface area contributed by atoms with Gasteiger partial charge in [0.05, 0.1) is 62.9 Å². The van der Waals surface area contributed by atoms with Crippen LogP contribution in [0.4, 0.5) is 0 Å². The van der Waals surface area contributed by atoms with Crippen LogP contribution >= 0.6 is 31.9 Å². The number of aromatic hydroxyl groups is 4. The Morgan fingerprint density at radius 2 is 0.393 bits per heavy atom. The average molecular weight is 1740 g/mol. The molecule has 12 heteroatoms. The summed E-state index contributed by atoms with van der Waals surface area (Å²) >= 11 is 7.39. The van der Waals surface area contributed by atoms with Crippen molar-refractivity contribution in [3.63, 3.8) is 0 Å². The Balaban J connectivity index is 0.000000121. The number of phenols is 4. The fraction of sp³-hybridized carbons (Fsp3) is 0.164. The van der Waals surface area contributed by atoms with Crippen LogP contribution < -0.4 is 28.4 Å². The minimum Gasteiger partial charge on any atom is -0.507 e. The first-order valence-electron chi connectivity index (χ1n) is 42.1. The molecule has 0 spiro atoms. The molecule has 0 saturated carbocycles. The summed E-state index contributed by atoms with van der Waals surface area (Å²) in [6.07, 6.45) is 11.0. The maximum Gasteiger partial charge on any atom is 0.130 e. The summed E-state index contributed by atoms with van der Waals surface area (Å²) in [5.74, 6) is 5.24. The van der Waals surface area contributed by atoms with Gasteiger partial charge in [-0.25, -0.2) is 0 Å². The van der Waals surface area contributed by atoms with E-state index in [9.17, 15) is 20.4 Å². The van der Waals surface area contributed by atoms with E-state index in [2.05, 4.69) is 252 Å². The number of aryl methyl sites for hydroxylation is 2. The Morgan fingerprint density at radius 3 is 0.623 bits per heavy atom. The summed E-state index contributed by atoms with van der Waals surface area (Å²) in [6.45, 7) is 7.06. The third-order valence-electron chi connectivity index (χ3n) is 23.6. The second kappa shape index (κ2) is 36.9. The Kier molecular flexibility index (Phi) is 24.6. The predicted octanol–water partition coefficient (Wildman–Crippen LogP) is 30.4. The van der Waals surface area contributed by atoms with Gasteiger partial charge in [-0.15, -0.1) is 0 Å². The lowest BCUT2D eigenvalue weighted by molar-refractivity contribution is 0.282. The van der Waals surface area contributed by atoms with Gasteiger partial charge >= 0.3 is 0 Å².